The lowest BCUT2D eigenvalue weighted by molar-refractivity contribution is -0.126. The van der Waals surface area contributed by atoms with Gasteiger partial charge in [0.2, 0.25) is 18.6 Å². The Morgan fingerprint density at radius 2 is 1.93 bits per heavy atom. The van der Waals surface area contributed by atoms with Crippen molar-refractivity contribution in [2.75, 3.05) is 18.2 Å². The van der Waals surface area contributed by atoms with Crippen molar-refractivity contribution in [1.29, 1.82) is 0 Å². The molecule has 7 heteroatoms. The fraction of sp³-hybridized carbons (Fsp3) is 0.300. The number of halogens is 1. The zero-order chi connectivity index (χ0) is 19.0. The first-order valence-corrected chi connectivity index (χ1v) is 8.77. The van der Waals surface area contributed by atoms with Gasteiger partial charge in [-0.25, -0.2) is 4.39 Å². The molecule has 27 heavy (non-hydrogen) atoms. The minimum Gasteiger partial charge on any atom is -0.454 e. The van der Waals surface area contributed by atoms with Crippen LogP contribution in [-0.4, -0.2) is 25.2 Å². The van der Waals surface area contributed by atoms with Crippen LogP contribution in [0, 0.1) is 11.7 Å². The van der Waals surface area contributed by atoms with E-state index >= 15 is 0 Å². The highest BCUT2D eigenvalue weighted by Crippen LogP contribution is 2.37. The maximum absolute atomic E-state index is 13.0. The molecule has 2 aromatic carbocycles. The van der Waals surface area contributed by atoms with E-state index in [1.807, 2.05) is 6.92 Å². The third-order valence-corrected chi connectivity index (χ3v) is 4.89. The number of amides is 2. The summed E-state index contributed by atoms with van der Waals surface area (Å²) in [6.07, 6.45) is 0.149. The van der Waals surface area contributed by atoms with Crippen LogP contribution < -0.4 is 19.7 Å². The van der Waals surface area contributed by atoms with E-state index in [0.29, 0.717) is 23.7 Å². The first kappa shape index (κ1) is 17.3. The van der Waals surface area contributed by atoms with Crippen LogP contribution in [0.5, 0.6) is 11.5 Å². The predicted octanol–water partition coefficient (Wildman–Crippen LogP) is 2.78. The van der Waals surface area contributed by atoms with Gasteiger partial charge in [-0.05, 0) is 36.8 Å². The molecule has 1 fully saturated rings. The Kier molecular flexibility index (Phi) is 4.43. The number of nitrogens with zero attached hydrogens (tertiary/aromatic N) is 1. The summed E-state index contributed by atoms with van der Waals surface area (Å²) in [5.74, 6) is 0.182. The number of anilines is 1. The summed E-state index contributed by atoms with van der Waals surface area (Å²) in [4.78, 5) is 26.6. The second-order valence-corrected chi connectivity index (χ2v) is 6.72. The second-order valence-electron chi connectivity index (χ2n) is 6.72. The fourth-order valence-corrected chi connectivity index (χ4v) is 3.35. The zero-order valence-corrected chi connectivity index (χ0v) is 14.8. The maximum atomic E-state index is 13.0. The van der Waals surface area contributed by atoms with Gasteiger partial charge in [-0.3, -0.25) is 9.59 Å². The van der Waals surface area contributed by atoms with Gasteiger partial charge in [-0.2, -0.15) is 0 Å². The van der Waals surface area contributed by atoms with E-state index in [1.54, 1.807) is 35.2 Å². The monoisotopic (exact) mass is 370 g/mol. The SMILES string of the molecule is CC(NC(=O)C1CC(=O)N(c2ccc3c(c2)OCO3)C1)c1ccc(F)cc1. The van der Waals surface area contributed by atoms with Gasteiger partial charge in [0, 0.05) is 24.7 Å². The Morgan fingerprint density at radius 3 is 2.70 bits per heavy atom. The third kappa shape index (κ3) is 3.45. The molecular weight excluding hydrogens is 351 g/mol. The molecule has 1 N–H and O–H groups in total. The first-order valence-electron chi connectivity index (χ1n) is 8.77. The molecule has 2 aliphatic rings. The van der Waals surface area contributed by atoms with Gasteiger partial charge in [0.05, 0.1) is 12.0 Å². The normalized spacial score (nSPS) is 19.3. The molecule has 0 spiro atoms. The first-order chi connectivity index (χ1) is 13.0. The number of ether oxygens (including phenoxy) is 2. The van der Waals surface area contributed by atoms with Crippen molar-refractivity contribution >= 4 is 17.5 Å². The van der Waals surface area contributed by atoms with Gasteiger partial charge >= 0.3 is 0 Å². The maximum Gasteiger partial charge on any atom is 0.231 e. The molecule has 2 amide bonds. The van der Waals surface area contributed by atoms with Crippen LogP contribution in [0.3, 0.4) is 0 Å². The van der Waals surface area contributed by atoms with Gasteiger partial charge in [0.1, 0.15) is 5.82 Å². The molecule has 0 bridgehead atoms. The van der Waals surface area contributed by atoms with E-state index in [9.17, 15) is 14.0 Å². The second kappa shape index (κ2) is 6.90. The Hall–Kier alpha value is -3.09. The van der Waals surface area contributed by atoms with Crippen molar-refractivity contribution in [2.24, 2.45) is 5.92 Å². The van der Waals surface area contributed by atoms with Crippen molar-refractivity contribution in [3.8, 4) is 11.5 Å². The Labute approximate surface area is 155 Å². The van der Waals surface area contributed by atoms with Crippen LogP contribution in [-0.2, 0) is 9.59 Å². The van der Waals surface area contributed by atoms with Crippen LogP contribution in [0.1, 0.15) is 24.9 Å². The Bertz CT molecular complexity index is 884. The number of fused-ring (bicyclic) bond motifs is 1. The van der Waals surface area contributed by atoms with Crippen molar-refractivity contribution in [2.45, 2.75) is 19.4 Å². The highest BCUT2D eigenvalue weighted by Gasteiger charge is 2.36. The number of carbonyl (C=O) groups excluding carboxylic acids is 2. The van der Waals surface area contributed by atoms with Gasteiger partial charge < -0.3 is 19.7 Å². The number of nitrogens with one attached hydrogen (secondary N) is 1. The van der Waals surface area contributed by atoms with E-state index in [1.165, 1.54) is 12.1 Å². The lowest BCUT2D eigenvalue weighted by atomic mass is 10.0. The average molecular weight is 370 g/mol. The van der Waals surface area contributed by atoms with E-state index in [0.717, 1.165) is 5.56 Å². The molecule has 2 heterocycles. The smallest absolute Gasteiger partial charge is 0.231 e. The summed E-state index contributed by atoms with van der Waals surface area (Å²) >= 11 is 0. The van der Waals surface area contributed by atoms with Crippen LogP contribution in [0.15, 0.2) is 42.5 Å². The fourth-order valence-electron chi connectivity index (χ4n) is 3.35. The van der Waals surface area contributed by atoms with Crippen LogP contribution in [0.2, 0.25) is 0 Å². The molecule has 140 valence electrons. The number of carbonyl (C=O) groups is 2. The average Bonchev–Trinajstić information content (AvgIpc) is 3.27. The summed E-state index contributed by atoms with van der Waals surface area (Å²) in [5.41, 5.74) is 1.49. The quantitative estimate of drug-likeness (QED) is 0.899. The molecule has 2 aliphatic heterocycles. The van der Waals surface area contributed by atoms with Crippen LogP contribution in [0.25, 0.3) is 0 Å². The van der Waals surface area contributed by atoms with Gasteiger partial charge in [-0.15, -0.1) is 0 Å². The minimum absolute atomic E-state index is 0.108. The number of hydrogen-bond donors (Lipinski definition) is 1. The summed E-state index contributed by atoms with van der Waals surface area (Å²) in [6, 6.07) is 11.0. The standard InChI is InChI=1S/C20H19FN2O4/c1-12(13-2-4-15(21)5-3-13)22-20(25)14-8-19(24)23(10-14)16-6-7-17-18(9-16)27-11-26-17/h2-7,9,12,14H,8,10-11H2,1H3,(H,22,25). The zero-order valence-electron chi connectivity index (χ0n) is 14.8. The molecule has 2 unspecified atom stereocenters. The summed E-state index contributed by atoms with van der Waals surface area (Å²) < 4.78 is 23.7. The topological polar surface area (TPSA) is 67.9 Å². The molecule has 2 aromatic rings. The highest BCUT2D eigenvalue weighted by atomic mass is 19.1. The third-order valence-electron chi connectivity index (χ3n) is 4.89. The molecule has 1 saturated heterocycles. The van der Waals surface area contributed by atoms with Crippen molar-refractivity contribution in [3.05, 3.63) is 53.8 Å². The lowest BCUT2D eigenvalue weighted by Crippen LogP contribution is -2.34. The molecule has 0 aromatic heterocycles. The Balaban J connectivity index is 1.42. The van der Waals surface area contributed by atoms with Crippen molar-refractivity contribution < 1.29 is 23.5 Å². The molecule has 2 atom stereocenters. The predicted molar refractivity (Wildman–Crippen MR) is 96.0 cm³/mol. The summed E-state index contributed by atoms with van der Waals surface area (Å²) in [7, 11) is 0. The molecule has 0 aliphatic carbocycles. The number of rotatable bonds is 4. The van der Waals surface area contributed by atoms with E-state index < -0.39 is 5.92 Å². The van der Waals surface area contributed by atoms with Crippen molar-refractivity contribution in [3.63, 3.8) is 0 Å². The summed E-state index contributed by atoms with van der Waals surface area (Å²) in [5, 5.41) is 2.91. The molecule has 0 saturated carbocycles. The van der Waals surface area contributed by atoms with Gasteiger partial charge in [0.15, 0.2) is 11.5 Å². The molecule has 6 nitrogen and oxygen atoms in total. The Morgan fingerprint density at radius 1 is 1.19 bits per heavy atom. The minimum atomic E-state index is -0.439. The van der Waals surface area contributed by atoms with E-state index in [4.69, 9.17) is 9.47 Å². The van der Waals surface area contributed by atoms with E-state index in [-0.39, 0.29) is 36.9 Å². The van der Waals surface area contributed by atoms with E-state index in [2.05, 4.69) is 5.32 Å². The lowest BCUT2D eigenvalue weighted by Gasteiger charge is -2.19. The molecule has 4 rings (SSSR count). The van der Waals surface area contributed by atoms with Crippen molar-refractivity contribution in [1.82, 2.24) is 5.32 Å². The van der Waals surface area contributed by atoms with Crippen LogP contribution >= 0.6 is 0 Å². The highest BCUT2D eigenvalue weighted by molar-refractivity contribution is 6.00. The van der Waals surface area contributed by atoms with Gasteiger partial charge in [-0.1, -0.05) is 12.1 Å². The molecule has 0 radical (unpaired) electrons. The largest absolute Gasteiger partial charge is 0.454 e. The molecular formula is C20H19FN2O4. The van der Waals surface area contributed by atoms with Gasteiger partial charge in [0.25, 0.3) is 0 Å². The number of hydrogen-bond acceptors (Lipinski definition) is 4. The van der Waals surface area contributed by atoms with Crippen LogP contribution in [0.4, 0.5) is 10.1 Å². The number of benzene rings is 2. The summed E-state index contributed by atoms with van der Waals surface area (Å²) in [6.45, 7) is 2.30.